The first kappa shape index (κ1) is 32.4. The van der Waals surface area contributed by atoms with Crippen molar-refractivity contribution in [3.8, 4) is 0 Å². The summed E-state index contributed by atoms with van der Waals surface area (Å²) < 4.78 is 0. The van der Waals surface area contributed by atoms with E-state index in [2.05, 4.69) is 31.8 Å². The minimum absolute atomic E-state index is 0.0170. The average molecular weight is 530 g/mol. The topological polar surface area (TPSA) is 110 Å². The number of aliphatic hydroxyl groups is 4. The number of allylic oxidation sites excluding steroid dienone is 7. The Morgan fingerprint density at radius 3 is 2.61 bits per heavy atom. The number of hydrogen-bond acceptors (Lipinski definition) is 6. The Bertz CT molecular complexity index is 928. The lowest BCUT2D eigenvalue weighted by Gasteiger charge is -2.55. The van der Waals surface area contributed by atoms with Gasteiger partial charge in [-0.05, 0) is 95.7 Å². The van der Waals surface area contributed by atoms with E-state index >= 15 is 0 Å². The van der Waals surface area contributed by atoms with Gasteiger partial charge in [0.1, 0.15) is 6.29 Å². The highest BCUT2D eigenvalue weighted by molar-refractivity contribution is 5.74. The molecule has 5 N–H and O–H groups in total. The molecule has 2 aliphatic rings. The van der Waals surface area contributed by atoms with Gasteiger partial charge in [-0.25, -0.2) is 0 Å². The summed E-state index contributed by atoms with van der Waals surface area (Å²) in [5.41, 5.74) is 2.71. The van der Waals surface area contributed by atoms with Gasteiger partial charge in [0, 0.05) is 24.5 Å². The minimum atomic E-state index is -1.13. The van der Waals surface area contributed by atoms with Crippen molar-refractivity contribution in [1.82, 2.24) is 5.32 Å². The van der Waals surface area contributed by atoms with Gasteiger partial charge in [-0.15, -0.1) is 0 Å². The maximum Gasteiger partial charge on any atom is 0.145 e. The molecule has 0 heterocycles. The fraction of sp³-hybridized carbons (Fsp3) is 0.656. The molecule has 2 rings (SSSR count). The number of hydrogen-bond donors (Lipinski definition) is 5. The molecule has 0 radical (unpaired) electrons. The van der Waals surface area contributed by atoms with Gasteiger partial charge in [0.25, 0.3) is 0 Å². The lowest BCUT2D eigenvalue weighted by Crippen LogP contribution is -2.59. The van der Waals surface area contributed by atoms with Gasteiger partial charge in [0.05, 0.1) is 18.3 Å². The molecule has 214 valence electrons. The standard InChI is InChI=1S/C32H51NO5/c1-6-33-20-24(3)12-7-10-23(2)11-8-13-26(22-36)28-16-18-32(30(28)37)29(14-9-19-34)27(25(4)21-35)15-17-31(32,5)38/h8,11-13,21,28-30,33-34,36-38H,2,6-7,9-10,14-20,22H2,1,3-5H3. The van der Waals surface area contributed by atoms with Crippen molar-refractivity contribution in [2.75, 3.05) is 26.3 Å². The zero-order valence-electron chi connectivity index (χ0n) is 24.0. The SMILES string of the molecule is C=C(C=CC=C(CO)C1CCC2(C(CCCO)C(=C(C)C=O)CCC2(C)O)C1O)CCC=C(C)CNCC. The molecule has 0 aromatic carbocycles. The van der Waals surface area contributed by atoms with Gasteiger partial charge >= 0.3 is 0 Å². The van der Waals surface area contributed by atoms with Crippen LogP contribution in [0.1, 0.15) is 79.1 Å². The van der Waals surface area contributed by atoms with Gasteiger partial charge in [0.2, 0.25) is 0 Å². The number of carbonyl (C=O) groups is 1. The zero-order valence-corrected chi connectivity index (χ0v) is 24.0. The van der Waals surface area contributed by atoms with Crippen LogP contribution in [-0.4, -0.2) is 64.7 Å². The molecule has 0 aliphatic heterocycles. The molecule has 6 heteroatoms. The van der Waals surface area contributed by atoms with E-state index in [0.29, 0.717) is 44.1 Å². The van der Waals surface area contributed by atoms with E-state index in [9.17, 15) is 25.2 Å². The molecule has 38 heavy (non-hydrogen) atoms. The van der Waals surface area contributed by atoms with Crippen LogP contribution in [0, 0.1) is 17.3 Å². The largest absolute Gasteiger partial charge is 0.396 e. The predicted molar refractivity (Wildman–Crippen MR) is 155 cm³/mol. The summed E-state index contributed by atoms with van der Waals surface area (Å²) >= 11 is 0. The van der Waals surface area contributed by atoms with Gasteiger partial charge in [-0.3, -0.25) is 4.79 Å². The van der Waals surface area contributed by atoms with E-state index in [-0.39, 0.29) is 25.0 Å². The molecule has 0 aromatic heterocycles. The number of likely N-dealkylation sites (N-methyl/N-ethyl adjacent to an activating group) is 1. The van der Waals surface area contributed by atoms with Crippen molar-refractivity contribution in [3.05, 3.63) is 58.7 Å². The fourth-order valence-electron chi connectivity index (χ4n) is 6.74. The van der Waals surface area contributed by atoms with Gasteiger partial charge in [-0.2, -0.15) is 0 Å². The second kappa shape index (κ2) is 15.1. The van der Waals surface area contributed by atoms with Crippen LogP contribution in [0.15, 0.2) is 58.7 Å². The Kier molecular flexibility index (Phi) is 12.9. The maximum absolute atomic E-state index is 11.8. The Morgan fingerprint density at radius 2 is 1.97 bits per heavy atom. The van der Waals surface area contributed by atoms with Crippen LogP contribution in [0.5, 0.6) is 0 Å². The lowest BCUT2D eigenvalue weighted by atomic mass is 9.52. The Morgan fingerprint density at radius 1 is 1.24 bits per heavy atom. The summed E-state index contributed by atoms with van der Waals surface area (Å²) in [5, 5.41) is 46.7. The monoisotopic (exact) mass is 529 g/mol. The van der Waals surface area contributed by atoms with Crippen molar-refractivity contribution >= 4 is 6.29 Å². The molecule has 5 unspecified atom stereocenters. The predicted octanol–water partition coefficient (Wildman–Crippen LogP) is 4.56. The van der Waals surface area contributed by atoms with Crippen LogP contribution >= 0.6 is 0 Å². The molecule has 0 saturated heterocycles. The Hall–Kier alpha value is -1.83. The summed E-state index contributed by atoms with van der Waals surface area (Å²) in [5.74, 6) is -0.503. The molecule has 0 aromatic rings. The van der Waals surface area contributed by atoms with E-state index in [1.165, 1.54) is 5.57 Å². The first-order valence-electron chi connectivity index (χ1n) is 14.3. The Labute approximate surface area is 229 Å². The summed E-state index contributed by atoms with van der Waals surface area (Å²) in [6.45, 7) is 13.6. The number of nitrogens with one attached hydrogen (secondary N) is 1. The highest BCUT2D eigenvalue weighted by Gasteiger charge is 2.63. The fourth-order valence-corrected chi connectivity index (χ4v) is 6.74. The highest BCUT2D eigenvalue weighted by Crippen LogP contribution is 2.62. The summed E-state index contributed by atoms with van der Waals surface area (Å²) in [6.07, 6.45) is 13.1. The molecule has 1 spiro atoms. The van der Waals surface area contributed by atoms with Crippen LogP contribution in [0.2, 0.25) is 0 Å². The van der Waals surface area contributed by atoms with Crippen LogP contribution in [-0.2, 0) is 4.79 Å². The van der Waals surface area contributed by atoms with E-state index in [1.54, 1.807) is 13.8 Å². The van der Waals surface area contributed by atoms with Crippen molar-refractivity contribution in [2.45, 2.75) is 90.8 Å². The third-order valence-electron chi connectivity index (χ3n) is 8.95. The number of aliphatic hydroxyl groups excluding tert-OH is 3. The van der Waals surface area contributed by atoms with Crippen molar-refractivity contribution in [1.29, 1.82) is 0 Å². The quantitative estimate of drug-likeness (QED) is 0.0977. The third kappa shape index (κ3) is 7.42. The smallest absolute Gasteiger partial charge is 0.145 e. The molecular formula is C32H51NO5. The first-order valence-corrected chi connectivity index (χ1v) is 14.3. The number of aldehydes is 1. The number of rotatable bonds is 14. The van der Waals surface area contributed by atoms with Gasteiger partial charge in [-0.1, -0.05) is 54.5 Å². The van der Waals surface area contributed by atoms with Crippen molar-refractivity contribution in [2.24, 2.45) is 17.3 Å². The first-order chi connectivity index (χ1) is 18.1. The highest BCUT2D eigenvalue weighted by atomic mass is 16.3. The van der Waals surface area contributed by atoms with Crippen LogP contribution in [0.25, 0.3) is 0 Å². The summed E-state index contributed by atoms with van der Waals surface area (Å²) in [4.78, 5) is 11.7. The van der Waals surface area contributed by atoms with E-state index in [1.807, 2.05) is 18.2 Å². The van der Waals surface area contributed by atoms with E-state index < -0.39 is 17.1 Å². The Balaban J connectivity index is 2.24. The number of carbonyl (C=O) groups excluding carboxylic acids is 1. The molecule has 0 bridgehead atoms. The summed E-state index contributed by atoms with van der Waals surface area (Å²) in [6, 6.07) is 0. The van der Waals surface area contributed by atoms with E-state index in [4.69, 9.17) is 0 Å². The minimum Gasteiger partial charge on any atom is -0.396 e. The molecule has 5 atom stereocenters. The van der Waals surface area contributed by atoms with Gasteiger partial charge in [0.15, 0.2) is 0 Å². The maximum atomic E-state index is 11.8. The lowest BCUT2D eigenvalue weighted by molar-refractivity contribution is -0.167. The summed E-state index contributed by atoms with van der Waals surface area (Å²) in [7, 11) is 0. The molecule has 2 fully saturated rings. The van der Waals surface area contributed by atoms with Crippen molar-refractivity contribution in [3.63, 3.8) is 0 Å². The van der Waals surface area contributed by atoms with Crippen LogP contribution < -0.4 is 5.32 Å². The second-order valence-corrected chi connectivity index (χ2v) is 11.4. The second-order valence-electron chi connectivity index (χ2n) is 11.4. The average Bonchev–Trinajstić information content (AvgIpc) is 3.23. The molecule has 0 amide bonds. The zero-order chi connectivity index (χ0) is 28.3. The van der Waals surface area contributed by atoms with Crippen LogP contribution in [0.3, 0.4) is 0 Å². The third-order valence-corrected chi connectivity index (χ3v) is 8.95. The molecule has 2 aliphatic carbocycles. The van der Waals surface area contributed by atoms with Crippen LogP contribution in [0.4, 0.5) is 0 Å². The van der Waals surface area contributed by atoms with Gasteiger partial charge < -0.3 is 25.7 Å². The molecular weight excluding hydrogens is 478 g/mol. The van der Waals surface area contributed by atoms with E-state index in [0.717, 1.165) is 48.9 Å². The normalized spacial score (nSPS) is 31.8. The van der Waals surface area contributed by atoms with Crippen molar-refractivity contribution < 1.29 is 25.2 Å². The molecule has 2 saturated carbocycles. The molecule has 6 nitrogen and oxygen atoms in total.